The van der Waals surface area contributed by atoms with E-state index < -0.39 is 0 Å². The second kappa shape index (κ2) is 8.39. The van der Waals surface area contributed by atoms with Gasteiger partial charge in [0.25, 0.3) is 0 Å². The molecule has 0 saturated heterocycles. The van der Waals surface area contributed by atoms with Crippen molar-refractivity contribution in [2.75, 3.05) is 11.9 Å². The van der Waals surface area contributed by atoms with Crippen LogP contribution >= 0.6 is 15.9 Å². The first kappa shape index (κ1) is 19.2. The zero-order chi connectivity index (χ0) is 19.4. The highest BCUT2D eigenvalue weighted by Gasteiger charge is 2.10. The molecule has 0 fully saturated rings. The summed E-state index contributed by atoms with van der Waals surface area (Å²) in [6, 6.07) is 15.8. The summed E-state index contributed by atoms with van der Waals surface area (Å²) >= 11 is 3.40. The predicted octanol–water partition coefficient (Wildman–Crippen LogP) is 4.17. The van der Waals surface area contributed by atoms with E-state index in [9.17, 15) is 9.59 Å². The van der Waals surface area contributed by atoms with E-state index in [0.717, 1.165) is 32.3 Å². The number of aromatic nitrogens is 1. The second-order valence-electron chi connectivity index (χ2n) is 6.54. The predicted molar refractivity (Wildman–Crippen MR) is 112 cm³/mol. The third-order valence-electron chi connectivity index (χ3n) is 4.47. The Bertz CT molecular complexity index is 994. The van der Waals surface area contributed by atoms with Crippen LogP contribution in [0.25, 0.3) is 10.9 Å². The minimum absolute atomic E-state index is 0.106. The van der Waals surface area contributed by atoms with Gasteiger partial charge in [0.15, 0.2) is 0 Å². The van der Waals surface area contributed by atoms with E-state index in [1.165, 1.54) is 0 Å². The van der Waals surface area contributed by atoms with Gasteiger partial charge in [0, 0.05) is 34.3 Å². The van der Waals surface area contributed by atoms with Gasteiger partial charge >= 0.3 is 0 Å². The lowest BCUT2D eigenvalue weighted by molar-refractivity contribution is -0.121. The van der Waals surface area contributed by atoms with Crippen molar-refractivity contribution in [3.8, 4) is 0 Å². The van der Waals surface area contributed by atoms with E-state index in [4.69, 9.17) is 0 Å². The van der Waals surface area contributed by atoms with E-state index in [0.29, 0.717) is 6.54 Å². The zero-order valence-corrected chi connectivity index (χ0v) is 17.0. The number of hydrogen-bond acceptors (Lipinski definition) is 2. The number of nitrogens with zero attached hydrogens (tertiary/aromatic N) is 1. The van der Waals surface area contributed by atoms with Crippen molar-refractivity contribution < 1.29 is 9.59 Å². The molecule has 140 valence electrons. The van der Waals surface area contributed by atoms with Crippen LogP contribution in [0.5, 0.6) is 0 Å². The van der Waals surface area contributed by atoms with E-state index in [1.807, 2.05) is 60.9 Å². The van der Waals surface area contributed by atoms with E-state index >= 15 is 0 Å². The highest BCUT2D eigenvalue weighted by Crippen LogP contribution is 2.21. The Morgan fingerprint density at radius 3 is 2.63 bits per heavy atom. The van der Waals surface area contributed by atoms with Gasteiger partial charge in [0.1, 0.15) is 6.54 Å². The van der Waals surface area contributed by atoms with Crippen LogP contribution in [-0.2, 0) is 16.1 Å². The summed E-state index contributed by atoms with van der Waals surface area (Å²) < 4.78 is 2.89. The standard InChI is InChI=1S/C21H22BrN3O2/c1-14-7-8-17(22)12-18(14)24-20(26)9-10-23-21(27)13-25-15(2)11-16-5-3-4-6-19(16)25/h3-8,11-12H,9-10,13H2,1-2H3,(H,23,27)(H,24,26). The first-order valence-corrected chi connectivity index (χ1v) is 9.61. The number of benzene rings is 2. The van der Waals surface area contributed by atoms with E-state index in [1.54, 1.807) is 0 Å². The number of carbonyl (C=O) groups is 2. The highest BCUT2D eigenvalue weighted by atomic mass is 79.9. The van der Waals surface area contributed by atoms with Crippen molar-refractivity contribution in [1.82, 2.24) is 9.88 Å². The van der Waals surface area contributed by atoms with Gasteiger partial charge in [0.2, 0.25) is 11.8 Å². The lowest BCUT2D eigenvalue weighted by atomic mass is 10.2. The molecule has 0 radical (unpaired) electrons. The number of halogens is 1. The van der Waals surface area contributed by atoms with Gasteiger partial charge < -0.3 is 15.2 Å². The number of anilines is 1. The SMILES string of the molecule is Cc1ccc(Br)cc1NC(=O)CCNC(=O)Cn1c(C)cc2ccccc21. The van der Waals surface area contributed by atoms with Crippen LogP contribution in [0.15, 0.2) is 53.0 Å². The minimum Gasteiger partial charge on any atom is -0.354 e. The van der Waals surface area contributed by atoms with Crippen LogP contribution in [-0.4, -0.2) is 22.9 Å². The fourth-order valence-corrected chi connectivity index (χ4v) is 3.38. The molecule has 0 aliphatic heterocycles. The number of rotatable bonds is 6. The molecular weight excluding hydrogens is 406 g/mol. The second-order valence-corrected chi connectivity index (χ2v) is 7.45. The van der Waals surface area contributed by atoms with Gasteiger partial charge in [-0.25, -0.2) is 0 Å². The van der Waals surface area contributed by atoms with Gasteiger partial charge in [0.05, 0.1) is 0 Å². The van der Waals surface area contributed by atoms with Crippen LogP contribution in [0.1, 0.15) is 17.7 Å². The molecule has 2 amide bonds. The summed E-state index contributed by atoms with van der Waals surface area (Å²) in [5.74, 6) is -0.231. The quantitative estimate of drug-likeness (QED) is 0.619. The molecule has 27 heavy (non-hydrogen) atoms. The summed E-state index contributed by atoms with van der Waals surface area (Å²) in [6.07, 6.45) is 0.225. The Labute approximate surface area is 166 Å². The molecule has 5 nitrogen and oxygen atoms in total. The number of carbonyl (C=O) groups excluding carboxylic acids is 2. The van der Waals surface area contributed by atoms with Crippen LogP contribution in [0.4, 0.5) is 5.69 Å². The third-order valence-corrected chi connectivity index (χ3v) is 4.96. The summed E-state index contributed by atoms with van der Waals surface area (Å²) in [4.78, 5) is 24.4. The molecule has 1 aromatic heterocycles. The number of hydrogen-bond donors (Lipinski definition) is 2. The average Bonchev–Trinajstić information content (AvgIpc) is 2.94. The molecule has 2 aromatic carbocycles. The Kier molecular flexibility index (Phi) is 5.96. The third kappa shape index (κ3) is 4.77. The zero-order valence-electron chi connectivity index (χ0n) is 15.4. The fourth-order valence-electron chi connectivity index (χ4n) is 3.01. The first-order valence-electron chi connectivity index (χ1n) is 8.81. The van der Waals surface area contributed by atoms with Crippen molar-refractivity contribution in [1.29, 1.82) is 0 Å². The van der Waals surface area contributed by atoms with Crippen LogP contribution < -0.4 is 10.6 Å². The highest BCUT2D eigenvalue weighted by molar-refractivity contribution is 9.10. The fraction of sp³-hybridized carbons (Fsp3) is 0.238. The lowest BCUT2D eigenvalue weighted by Crippen LogP contribution is -2.30. The van der Waals surface area contributed by atoms with Crippen molar-refractivity contribution in [3.05, 3.63) is 64.3 Å². The number of nitrogens with one attached hydrogen (secondary N) is 2. The Morgan fingerprint density at radius 2 is 1.81 bits per heavy atom. The van der Waals surface area contributed by atoms with Gasteiger partial charge in [-0.05, 0) is 49.1 Å². The van der Waals surface area contributed by atoms with Gasteiger partial charge in [-0.15, -0.1) is 0 Å². The van der Waals surface area contributed by atoms with Crippen molar-refractivity contribution >= 4 is 44.3 Å². The summed E-state index contributed by atoms with van der Waals surface area (Å²) in [5, 5.41) is 6.82. The molecule has 2 N–H and O–H groups in total. The van der Waals surface area contributed by atoms with E-state index in [2.05, 4.69) is 32.6 Å². The molecule has 6 heteroatoms. The number of para-hydroxylation sites is 1. The summed E-state index contributed by atoms with van der Waals surface area (Å²) in [6.45, 7) is 4.47. The van der Waals surface area contributed by atoms with Gasteiger partial charge in [-0.1, -0.05) is 40.2 Å². The monoisotopic (exact) mass is 427 g/mol. The lowest BCUT2D eigenvalue weighted by Gasteiger charge is -2.11. The van der Waals surface area contributed by atoms with Gasteiger partial charge in [-0.3, -0.25) is 9.59 Å². The number of amides is 2. The maximum Gasteiger partial charge on any atom is 0.239 e. The van der Waals surface area contributed by atoms with Crippen LogP contribution in [0, 0.1) is 13.8 Å². The Morgan fingerprint density at radius 1 is 1.04 bits per heavy atom. The normalized spacial score (nSPS) is 10.8. The number of aryl methyl sites for hydroxylation is 2. The van der Waals surface area contributed by atoms with Crippen molar-refractivity contribution in [2.24, 2.45) is 0 Å². The van der Waals surface area contributed by atoms with E-state index in [-0.39, 0.29) is 24.8 Å². The summed E-state index contributed by atoms with van der Waals surface area (Å²) in [7, 11) is 0. The molecule has 0 saturated carbocycles. The maximum atomic E-state index is 12.3. The molecule has 0 aliphatic carbocycles. The van der Waals surface area contributed by atoms with Crippen molar-refractivity contribution in [2.45, 2.75) is 26.8 Å². The molecule has 0 bridgehead atoms. The van der Waals surface area contributed by atoms with Gasteiger partial charge in [-0.2, -0.15) is 0 Å². The molecule has 0 aliphatic rings. The average molecular weight is 428 g/mol. The molecule has 1 heterocycles. The number of fused-ring (bicyclic) bond motifs is 1. The topological polar surface area (TPSA) is 63.1 Å². The van der Waals surface area contributed by atoms with Crippen LogP contribution in [0.2, 0.25) is 0 Å². The molecule has 3 rings (SSSR count). The summed E-state index contributed by atoms with van der Waals surface area (Å²) in [5.41, 5.74) is 3.84. The molecular formula is C21H22BrN3O2. The largest absolute Gasteiger partial charge is 0.354 e. The molecule has 0 unspecified atom stereocenters. The minimum atomic E-state index is -0.126. The molecule has 0 spiro atoms. The first-order chi connectivity index (χ1) is 12.9. The van der Waals surface area contributed by atoms with Crippen molar-refractivity contribution in [3.63, 3.8) is 0 Å². The Hall–Kier alpha value is -2.60. The molecule has 0 atom stereocenters. The maximum absolute atomic E-state index is 12.3. The smallest absolute Gasteiger partial charge is 0.239 e. The molecule has 3 aromatic rings. The Balaban J connectivity index is 1.51. The van der Waals surface area contributed by atoms with Crippen LogP contribution in [0.3, 0.4) is 0 Å².